The third kappa shape index (κ3) is 5.35. The summed E-state index contributed by atoms with van der Waals surface area (Å²) in [6, 6.07) is 6.51. The quantitative estimate of drug-likeness (QED) is 0.185. The monoisotopic (exact) mass is 499 g/mol. The van der Waals surface area contributed by atoms with E-state index in [0.29, 0.717) is 11.1 Å². The number of ether oxygens (including phenoxy) is 1. The summed E-state index contributed by atoms with van der Waals surface area (Å²) in [6.07, 6.45) is 0.282. The highest BCUT2D eigenvalue weighted by Crippen LogP contribution is 2.30. The van der Waals surface area contributed by atoms with Gasteiger partial charge in [-0.1, -0.05) is 12.1 Å². The van der Waals surface area contributed by atoms with Gasteiger partial charge in [-0.25, -0.2) is 14.8 Å². The number of anilines is 1. The number of aliphatic hydroxyl groups is 1. The van der Waals surface area contributed by atoms with Gasteiger partial charge in [0.25, 0.3) is 0 Å². The summed E-state index contributed by atoms with van der Waals surface area (Å²) in [7, 11) is -0.0579. The third-order valence-corrected chi connectivity index (χ3v) is 6.08. The highest BCUT2D eigenvalue weighted by Gasteiger charge is 2.39. The van der Waals surface area contributed by atoms with Gasteiger partial charge in [0.15, 0.2) is 5.13 Å². The number of carboxylic acids is 1. The number of para-hydroxylation sites is 1. The molecule has 3 atom stereocenters. The number of aromatic carboxylic acids is 1. The van der Waals surface area contributed by atoms with E-state index in [2.05, 4.69) is 20.6 Å². The van der Waals surface area contributed by atoms with Gasteiger partial charge in [-0.2, -0.15) is 0 Å². The number of hydrogen-bond acceptors (Lipinski definition) is 11. The van der Waals surface area contributed by atoms with Gasteiger partial charge in [0.05, 0.1) is 24.3 Å². The molecule has 0 saturated carbocycles. The van der Waals surface area contributed by atoms with Crippen molar-refractivity contribution in [2.24, 2.45) is 0 Å². The number of nitrogen functional groups attached to an aromatic ring is 1. The van der Waals surface area contributed by atoms with E-state index in [1.165, 1.54) is 25.4 Å². The first kappa shape index (κ1) is 24.4. The Morgan fingerprint density at radius 1 is 1.37 bits per heavy atom. The molecule has 1 aliphatic heterocycles. The van der Waals surface area contributed by atoms with Crippen LogP contribution in [0.4, 0.5) is 5.13 Å². The summed E-state index contributed by atoms with van der Waals surface area (Å²) in [6.45, 7) is 0. The van der Waals surface area contributed by atoms with Crippen LogP contribution in [0.25, 0.3) is 0 Å². The molecule has 0 spiro atoms. The summed E-state index contributed by atoms with van der Waals surface area (Å²) in [5.74, 6) is -2.35. The van der Waals surface area contributed by atoms with E-state index >= 15 is 0 Å². The van der Waals surface area contributed by atoms with Gasteiger partial charge in [-0.3, -0.25) is 10.1 Å². The average molecular weight is 499 g/mol. The largest absolute Gasteiger partial charge is 0.547 e. The number of carbonyl (C=O) groups excluding carboxylic acids is 1. The van der Waals surface area contributed by atoms with E-state index in [-0.39, 0.29) is 34.4 Å². The van der Waals surface area contributed by atoms with Gasteiger partial charge in [0.1, 0.15) is 18.0 Å². The Morgan fingerprint density at radius 3 is 2.86 bits per heavy atom. The lowest BCUT2D eigenvalue weighted by Gasteiger charge is -2.30. The van der Waals surface area contributed by atoms with Gasteiger partial charge >= 0.3 is 13.1 Å². The van der Waals surface area contributed by atoms with Crippen molar-refractivity contribution in [1.29, 1.82) is 0 Å². The van der Waals surface area contributed by atoms with Crippen molar-refractivity contribution in [3.05, 3.63) is 64.3 Å². The van der Waals surface area contributed by atoms with E-state index in [4.69, 9.17) is 15.1 Å². The normalized spacial score (nSPS) is 16.5. The molecule has 2 unspecified atom stereocenters. The second-order valence-corrected chi connectivity index (χ2v) is 8.56. The van der Waals surface area contributed by atoms with Crippen LogP contribution in [-0.2, 0) is 11.2 Å². The Balaban J connectivity index is 1.55. The van der Waals surface area contributed by atoms with Crippen molar-refractivity contribution in [1.82, 2.24) is 20.6 Å². The van der Waals surface area contributed by atoms with Gasteiger partial charge in [0, 0.05) is 23.2 Å². The van der Waals surface area contributed by atoms with Gasteiger partial charge < -0.3 is 35.7 Å². The topological polar surface area (TPSA) is 189 Å². The lowest BCUT2D eigenvalue weighted by atomic mass is 9.72. The van der Waals surface area contributed by atoms with Gasteiger partial charge in [0.2, 0.25) is 11.8 Å². The second kappa shape index (κ2) is 10.3. The maximum Gasteiger partial charge on any atom is 0.547 e. The van der Waals surface area contributed by atoms with E-state index in [1.54, 1.807) is 23.6 Å². The zero-order valence-corrected chi connectivity index (χ0v) is 19.2. The average Bonchev–Trinajstić information content (AvgIpc) is 3.28. The first-order valence-electron chi connectivity index (χ1n) is 10.4. The number of nitrogens with two attached hydrogens (primary N) is 1. The molecule has 14 heteroatoms. The molecular weight excluding hydrogens is 477 g/mol. The van der Waals surface area contributed by atoms with Crippen LogP contribution in [0, 0.1) is 0 Å². The lowest BCUT2D eigenvalue weighted by Crippen LogP contribution is -2.55. The first-order valence-corrected chi connectivity index (χ1v) is 11.3. The van der Waals surface area contributed by atoms with Crippen LogP contribution in [-0.4, -0.2) is 57.3 Å². The molecule has 1 amide bonds. The maximum absolute atomic E-state index is 13.3. The number of benzene rings is 1. The number of hydrogen-bond donors (Lipinski definition) is 6. The first-order chi connectivity index (χ1) is 16.8. The summed E-state index contributed by atoms with van der Waals surface area (Å²) >= 11 is 1.13. The van der Waals surface area contributed by atoms with E-state index in [9.17, 15) is 24.8 Å². The molecule has 3 heterocycles. The third-order valence-electron chi connectivity index (χ3n) is 5.38. The lowest BCUT2D eigenvalue weighted by molar-refractivity contribution is -0.124. The van der Waals surface area contributed by atoms with E-state index < -0.39 is 37.2 Å². The zero-order chi connectivity index (χ0) is 25.1. The summed E-state index contributed by atoms with van der Waals surface area (Å²) in [5, 5.41) is 37.9. The molecule has 0 radical (unpaired) electrons. The van der Waals surface area contributed by atoms with Crippen molar-refractivity contribution in [2.45, 2.75) is 24.6 Å². The number of methoxy groups -OCH3 is 1. The Kier molecular flexibility index (Phi) is 7.16. The molecule has 7 N–H and O–H groups in total. The van der Waals surface area contributed by atoms with Crippen LogP contribution in [0.1, 0.15) is 39.4 Å². The fraction of sp³-hybridized carbons (Fsp3) is 0.238. The number of carboxylic acid groups (broad SMARTS) is 1. The minimum absolute atomic E-state index is 0.0574. The predicted molar refractivity (Wildman–Crippen MR) is 126 cm³/mol. The van der Waals surface area contributed by atoms with Crippen LogP contribution in [0.3, 0.4) is 0 Å². The van der Waals surface area contributed by atoms with Gasteiger partial charge in [-0.15, -0.1) is 11.3 Å². The molecule has 0 aliphatic carbocycles. The molecule has 4 rings (SSSR count). The molecule has 12 nitrogen and oxygen atoms in total. The number of aromatic nitrogens is 2. The number of pyridine rings is 1. The Labute approximate surface area is 203 Å². The van der Waals surface area contributed by atoms with Crippen LogP contribution in [0.5, 0.6) is 11.6 Å². The van der Waals surface area contributed by atoms with E-state index in [0.717, 1.165) is 11.3 Å². The zero-order valence-electron chi connectivity index (χ0n) is 18.4. The number of amides is 1. The fourth-order valence-electron chi connectivity index (χ4n) is 3.67. The summed E-state index contributed by atoms with van der Waals surface area (Å²) < 4.78 is 10.5. The number of carbonyl (C=O) groups is 2. The SMILES string of the molecule is COc1cc(C(O)NC(C(=O)N[C@H]2Cc3cccc(C(=O)O)c3OB2O)c2csc(N)n2)ccn1. The number of nitrogens with one attached hydrogen (secondary N) is 2. The number of rotatable bonds is 8. The molecule has 3 aromatic rings. The number of nitrogens with zero attached hydrogens (tertiary/aromatic N) is 2. The molecule has 1 aromatic carbocycles. The Morgan fingerprint density at radius 2 is 2.17 bits per heavy atom. The molecule has 2 aromatic heterocycles. The van der Waals surface area contributed by atoms with Crippen LogP contribution in [0.2, 0.25) is 0 Å². The Bertz CT molecular complexity index is 1240. The van der Waals surface area contributed by atoms with Crippen LogP contribution in [0.15, 0.2) is 41.9 Å². The highest BCUT2D eigenvalue weighted by molar-refractivity contribution is 7.13. The molecule has 182 valence electrons. The maximum atomic E-state index is 13.3. The predicted octanol–water partition coefficient (Wildman–Crippen LogP) is 0.288. The van der Waals surface area contributed by atoms with Crippen molar-refractivity contribution >= 4 is 35.5 Å². The van der Waals surface area contributed by atoms with Crippen molar-refractivity contribution < 1.29 is 34.2 Å². The summed E-state index contributed by atoms with van der Waals surface area (Å²) in [4.78, 5) is 32.9. The van der Waals surface area contributed by atoms with Gasteiger partial charge in [-0.05, 0) is 24.1 Å². The molecule has 0 saturated heterocycles. The van der Waals surface area contributed by atoms with Crippen LogP contribution < -0.4 is 25.8 Å². The highest BCUT2D eigenvalue weighted by atomic mass is 32.1. The van der Waals surface area contributed by atoms with E-state index in [1.807, 2.05) is 0 Å². The number of thiazole rings is 1. The second-order valence-electron chi connectivity index (χ2n) is 7.67. The van der Waals surface area contributed by atoms with Crippen molar-refractivity contribution in [2.75, 3.05) is 12.8 Å². The minimum atomic E-state index is -1.50. The smallest absolute Gasteiger partial charge is 0.534 e. The minimum Gasteiger partial charge on any atom is -0.534 e. The fourth-order valence-corrected chi connectivity index (χ4v) is 4.26. The number of fused-ring (bicyclic) bond motifs is 1. The van der Waals surface area contributed by atoms with Crippen molar-refractivity contribution in [3.8, 4) is 11.6 Å². The molecule has 35 heavy (non-hydrogen) atoms. The molecule has 0 bridgehead atoms. The number of aliphatic hydroxyl groups excluding tert-OH is 1. The summed E-state index contributed by atoms with van der Waals surface area (Å²) in [5.41, 5.74) is 6.85. The van der Waals surface area contributed by atoms with Crippen LogP contribution >= 0.6 is 11.3 Å². The van der Waals surface area contributed by atoms with Crippen molar-refractivity contribution in [3.63, 3.8) is 0 Å². The molecular formula is C21H22BN5O7S. The molecule has 1 aliphatic rings. The molecule has 0 fully saturated rings. The standard InChI is InChI=1S/C21H22BN5O7S/c1-33-15-8-11(5-6-24-15)18(28)27-16(13-9-35-21(23)25-13)19(29)26-14-7-10-3-2-4-12(20(30)31)17(10)34-22(14)32/h2-6,8-9,14,16,18,27-28,32H,7H2,1H3,(H2,23,25)(H,26,29)(H,30,31)/t14-,16?,18?/m0/s1. The Hall–Kier alpha value is -3.72.